The van der Waals surface area contributed by atoms with Crippen LogP contribution in [0.3, 0.4) is 0 Å². The average Bonchev–Trinajstić information content (AvgIpc) is 1.04. The lowest BCUT2D eigenvalue weighted by Gasteiger charge is -2.45. The van der Waals surface area contributed by atoms with Crippen LogP contribution in [0.4, 0.5) is 13.2 Å². The molecule has 10 atom stereocenters. The first-order valence-electron chi connectivity index (χ1n) is 33.4. The van der Waals surface area contributed by atoms with Gasteiger partial charge in [-0.2, -0.15) is 13.2 Å². The molecule has 1 spiro atoms. The Morgan fingerprint density at radius 1 is 0.649 bits per heavy atom. The molecule has 3 heterocycles. The second-order valence-corrected chi connectivity index (χ2v) is 27.8. The second kappa shape index (κ2) is 32.0. The van der Waals surface area contributed by atoms with Gasteiger partial charge in [0.25, 0.3) is 0 Å². The van der Waals surface area contributed by atoms with Gasteiger partial charge in [0.2, 0.25) is 65.0 Å². The number of amides is 11. The lowest BCUT2D eigenvalue weighted by Crippen LogP contribution is -2.65. The zero-order chi connectivity index (χ0) is 69.3. The summed E-state index contributed by atoms with van der Waals surface area (Å²) < 4.78 is 41.4. The van der Waals surface area contributed by atoms with E-state index in [0.717, 1.165) is 35.4 Å². The normalized spacial score (nSPS) is 27.4. The lowest BCUT2D eigenvalue weighted by atomic mass is 9.91. The minimum Gasteiger partial charge on any atom is -0.351 e. The maximum absolute atomic E-state index is 15.1. The predicted molar refractivity (Wildman–Crippen MR) is 346 cm³/mol. The van der Waals surface area contributed by atoms with Gasteiger partial charge >= 0.3 is 6.18 Å². The van der Waals surface area contributed by atoms with Gasteiger partial charge in [-0.05, 0) is 126 Å². The van der Waals surface area contributed by atoms with E-state index in [2.05, 4.69) is 26.6 Å². The van der Waals surface area contributed by atoms with Crippen molar-refractivity contribution in [2.45, 2.75) is 224 Å². The van der Waals surface area contributed by atoms with E-state index >= 15 is 4.79 Å². The maximum atomic E-state index is 15.1. The Morgan fingerprint density at radius 2 is 1.29 bits per heavy atom. The number of aryl methyl sites for hydroxylation is 2. The molecule has 518 valence electrons. The standard InChI is InChI=1S/C68H97ClF3N11O11/c1-12-41(5)56-65(93)79(9)43(7)61(89)83-33-29-51(83)64(92)81(11)53(37-45-23-21-40(4)22-24-45)63(91)78(8)38-54(84)74-49(28-26-44-25-27-47(48(69)36-44)68(70,71)72)62(90)82-32-17-20-50(82)59(87)77-67(30-15-16-31-67)66(94)76-57(46-18-13-14-19-46)60(88)73-42(6)35-55(85)80(10)52(34-39(2)3)58(86)75-56/h21-25,27,36,39,41-43,46,49-53,56-57H,12-20,26,28-35,37-38H2,1-11H3,(H,73,88)(H,74,84)(H,75,86)(H,76,94)(H,77,87)/t41-,42+,43-,49-,50-,51-,52-,53-,56-,57-/m0/s1. The van der Waals surface area contributed by atoms with E-state index < -0.39 is 154 Å². The summed E-state index contributed by atoms with van der Waals surface area (Å²) in [4.78, 5) is 169. The van der Waals surface area contributed by atoms with Crippen LogP contribution in [0.1, 0.15) is 160 Å². The first-order valence-corrected chi connectivity index (χ1v) is 33.7. The van der Waals surface area contributed by atoms with Crippen LogP contribution < -0.4 is 26.6 Å². The number of likely N-dealkylation sites (N-methyl/N-ethyl adjacent to an activating group) is 4. The molecule has 0 bridgehead atoms. The molecule has 5 fully saturated rings. The van der Waals surface area contributed by atoms with E-state index in [4.69, 9.17) is 11.6 Å². The largest absolute Gasteiger partial charge is 0.417 e. The van der Waals surface area contributed by atoms with Gasteiger partial charge in [-0.15, -0.1) is 0 Å². The quantitative estimate of drug-likeness (QED) is 0.199. The van der Waals surface area contributed by atoms with E-state index in [9.17, 15) is 61.1 Å². The number of hydrogen-bond acceptors (Lipinski definition) is 11. The van der Waals surface area contributed by atoms with E-state index in [-0.39, 0.29) is 82.7 Å². The topological polar surface area (TPSA) is 267 Å². The highest BCUT2D eigenvalue weighted by Crippen LogP contribution is 2.37. The highest BCUT2D eigenvalue weighted by molar-refractivity contribution is 6.31. The van der Waals surface area contributed by atoms with E-state index in [1.54, 1.807) is 26.0 Å². The molecule has 7 rings (SSSR count). The highest BCUT2D eigenvalue weighted by Gasteiger charge is 2.49. The molecular weight excluding hydrogens is 1240 g/mol. The number of benzene rings is 2. The van der Waals surface area contributed by atoms with Gasteiger partial charge in [-0.1, -0.05) is 107 Å². The Balaban J connectivity index is 1.24. The molecule has 0 unspecified atom stereocenters. The summed E-state index contributed by atoms with van der Waals surface area (Å²) in [6.45, 7) is 12.0. The molecule has 3 aliphatic heterocycles. The fraction of sp³-hybridized carbons (Fsp3) is 0.662. The van der Waals surface area contributed by atoms with Crippen molar-refractivity contribution in [3.63, 3.8) is 0 Å². The molecule has 2 saturated carbocycles. The van der Waals surface area contributed by atoms with Crippen LogP contribution in [0.5, 0.6) is 0 Å². The van der Waals surface area contributed by atoms with Gasteiger partial charge < -0.3 is 56.0 Å². The Morgan fingerprint density at radius 3 is 1.88 bits per heavy atom. The lowest BCUT2D eigenvalue weighted by molar-refractivity contribution is -0.160. The van der Waals surface area contributed by atoms with Crippen molar-refractivity contribution in [1.82, 2.24) is 56.0 Å². The van der Waals surface area contributed by atoms with Gasteiger partial charge in [-0.25, -0.2) is 0 Å². The van der Waals surface area contributed by atoms with Gasteiger partial charge in [0.1, 0.15) is 53.9 Å². The van der Waals surface area contributed by atoms with E-state index in [1.165, 1.54) is 65.7 Å². The summed E-state index contributed by atoms with van der Waals surface area (Å²) in [5.41, 5.74) is -0.675. The first-order chi connectivity index (χ1) is 44.3. The third-order valence-electron chi connectivity index (χ3n) is 20.0. The Bertz CT molecular complexity index is 3120. The number of nitrogens with one attached hydrogen (secondary N) is 5. The summed E-state index contributed by atoms with van der Waals surface area (Å²) in [6.07, 6.45) is 0.428. The zero-order valence-electron chi connectivity index (χ0n) is 56.3. The summed E-state index contributed by atoms with van der Waals surface area (Å²) in [5.74, 6) is -7.68. The third kappa shape index (κ3) is 17.8. The van der Waals surface area contributed by atoms with Crippen LogP contribution in [-0.4, -0.2) is 202 Å². The van der Waals surface area contributed by atoms with Crippen LogP contribution >= 0.6 is 11.6 Å². The molecule has 0 aromatic heterocycles. The Hall–Kier alpha value is -7.31. The third-order valence-corrected chi connectivity index (χ3v) is 20.3. The van der Waals surface area contributed by atoms with Crippen molar-refractivity contribution in [2.24, 2.45) is 17.8 Å². The molecule has 11 amide bonds. The fourth-order valence-corrected chi connectivity index (χ4v) is 14.0. The van der Waals surface area contributed by atoms with Crippen LogP contribution in [0.15, 0.2) is 42.5 Å². The van der Waals surface area contributed by atoms with Crippen LogP contribution in [-0.2, 0) is 71.8 Å². The summed E-state index contributed by atoms with van der Waals surface area (Å²) in [5, 5.41) is 14.1. The fourth-order valence-electron chi connectivity index (χ4n) is 13.7. The Kier molecular flexibility index (Phi) is 25.2. The van der Waals surface area contributed by atoms with Crippen LogP contribution in [0, 0.1) is 24.7 Å². The number of carbonyl (C=O) groups is 11. The van der Waals surface area contributed by atoms with Crippen molar-refractivity contribution in [3.05, 3.63) is 69.7 Å². The van der Waals surface area contributed by atoms with Crippen LogP contribution in [0.2, 0.25) is 5.02 Å². The minimum absolute atomic E-state index is 0.0277. The molecule has 22 nitrogen and oxygen atoms in total. The van der Waals surface area contributed by atoms with Crippen molar-refractivity contribution >= 4 is 76.6 Å². The van der Waals surface area contributed by atoms with Crippen molar-refractivity contribution in [1.29, 1.82) is 0 Å². The van der Waals surface area contributed by atoms with Gasteiger partial charge in [0.05, 0.1) is 17.1 Å². The summed E-state index contributed by atoms with van der Waals surface area (Å²) in [6, 6.07) is 0.322. The monoisotopic (exact) mass is 1340 g/mol. The number of fused-ring (bicyclic) bond motifs is 2. The number of nitrogens with zero attached hydrogens (tertiary/aromatic N) is 6. The molecule has 2 aromatic rings. The SMILES string of the molecule is CC[C@H](C)[C@@H]1NC(=O)[C@H](CC(C)C)N(C)C(=O)C[C@@H](C)NC(=O)[C@H](C2CCCC2)NC(=O)C2(CCCC2)NC(=O)[C@@H]2CCCN2C(=O)[C@H](CCc2ccc(C(F)(F)F)c(Cl)c2)NC(=O)CN(C)C(=O)[C@H](Cc2ccc(C)cc2)N(C)C(=O)[C@@H]2CCN2C(=O)[C@H](C)N(C)C1=O. The van der Waals surface area contributed by atoms with E-state index in [0.29, 0.717) is 49.7 Å². The number of carbonyl (C=O) groups excluding carboxylic acids is 11. The summed E-state index contributed by atoms with van der Waals surface area (Å²) >= 11 is 6.13. The molecule has 5 aliphatic rings. The maximum Gasteiger partial charge on any atom is 0.417 e. The van der Waals surface area contributed by atoms with Crippen molar-refractivity contribution in [2.75, 3.05) is 47.8 Å². The van der Waals surface area contributed by atoms with Gasteiger partial charge in [0, 0.05) is 60.2 Å². The highest BCUT2D eigenvalue weighted by atomic mass is 35.5. The molecule has 0 radical (unpaired) electrons. The second-order valence-electron chi connectivity index (χ2n) is 27.4. The number of alkyl halides is 3. The molecule has 94 heavy (non-hydrogen) atoms. The first kappa shape index (κ1) is 74.1. The molecular formula is C68H97ClF3N11O11. The van der Waals surface area contributed by atoms with Crippen molar-refractivity contribution < 1.29 is 65.9 Å². The number of hydrogen-bond donors (Lipinski definition) is 5. The number of halogens is 4. The molecule has 2 aromatic carbocycles. The molecule has 3 saturated heterocycles. The predicted octanol–water partition coefficient (Wildman–Crippen LogP) is 5.47. The minimum atomic E-state index is -4.75. The Labute approximate surface area is 555 Å². The van der Waals surface area contributed by atoms with Gasteiger partial charge in [0.15, 0.2) is 0 Å². The molecule has 26 heteroatoms. The number of rotatable bonds is 10. The molecule has 2 aliphatic carbocycles. The summed E-state index contributed by atoms with van der Waals surface area (Å²) in [7, 11) is 5.70. The van der Waals surface area contributed by atoms with Crippen molar-refractivity contribution in [3.8, 4) is 0 Å². The smallest absolute Gasteiger partial charge is 0.351 e. The van der Waals surface area contributed by atoms with Crippen LogP contribution in [0.25, 0.3) is 0 Å². The molecule has 5 N–H and O–H groups in total. The zero-order valence-corrected chi connectivity index (χ0v) is 57.1. The van der Waals surface area contributed by atoms with E-state index in [1.807, 2.05) is 39.8 Å². The average molecular weight is 1340 g/mol. The van der Waals surface area contributed by atoms with Gasteiger partial charge in [-0.3, -0.25) is 52.7 Å².